The summed E-state index contributed by atoms with van der Waals surface area (Å²) in [6.45, 7) is 0. The van der Waals surface area contributed by atoms with Crippen LogP contribution in [-0.4, -0.2) is 0 Å². The molecular weight excluding hydrogens is 697 g/mol. The van der Waals surface area contributed by atoms with Crippen LogP contribution in [0.3, 0.4) is 0 Å². The molecule has 0 saturated carbocycles. The highest BCUT2D eigenvalue weighted by molar-refractivity contribution is 7.25. The Bertz CT molecular complexity index is 3140. The van der Waals surface area contributed by atoms with Crippen molar-refractivity contribution < 1.29 is 4.42 Å². The maximum Gasteiger partial charge on any atom is 0.136 e. The van der Waals surface area contributed by atoms with Gasteiger partial charge in [-0.2, -0.15) is 0 Å². The summed E-state index contributed by atoms with van der Waals surface area (Å²) < 4.78 is 9.51. The van der Waals surface area contributed by atoms with Crippen LogP contribution in [0, 0.1) is 0 Å². The molecule has 11 rings (SSSR count). The van der Waals surface area contributed by atoms with Gasteiger partial charge in [-0.25, -0.2) is 0 Å². The molecule has 1 aliphatic carbocycles. The lowest BCUT2D eigenvalue weighted by molar-refractivity contribution is 0.667. The highest BCUT2D eigenvalue weighted by Gasteiger charge is 2.22. The fraction of sp³-hybridized carbons (Fsp3) is 0.0741. The molecule has 0 amide bonds. The Kier molecular flexibility index (Phi) is 8.03. The zero-order valence-electron chi connectivity index (χ0n) is 30.9. The first-order valence-corrected chi connectivity index (χ1v) is 20.4. The average Bonchev–Trinajstić information content (AvgIpc) is 3.84. The minimum Gasteiger partial charge on any atom is -0.456 e. The van der Waals surface area contributed by atoms with Crippen molar-refractivity contribution >= 4 is 69.8 Å². The molecule has 0 radical (unpaired) electrons. The van der Waals surface area contributed by atoms with E-state index in [1.165, 1.54) is 91.8 Å². The van der Waals surface area contributed by atoms with Crippen LogP contribution in [0.25, 0.3) is 80.7 Å². The van der Waals surface area contributed by atoms with Crippen LogP contribution >= 0.6 is 11.3 Å². The summed E-state index contributed by atoms with van der Waals surface area (Å²) in [6.07, 6.45) is 7.73. The Hall–Kier alpha value is -6.48. The van der Waals surface area contributed by atoms with E-state index in [-0.39, 0.29) is 5.92 Å². The number of hydrogen-bond donors (Lipinski definition) is 0. The van der Waals surface area contributed by atoms with Crippen molar-refractivity contribution in [3.63, 3.8) is 0 Å². The minimum atomic E-state index is 0.253. The topological polar surface area (TPSA) is 13.1 Å². The summed E-state index contributed by atoms with van der Waals surface area (Å²) in [5.41, 5.74) is 13.7. The van der Waals surface area contributed by atoms with E-state index in [4.69, 9.17) is 4.42 Å². The lowest BCUT2D eigenvalue weighted by Gasteiger charge is -2.25. The second-order valence-corrected chi connectivity index (χ2v) is 16.2. The van der Waals surface area contributed by atoms with E-state index in [2.05, 4.69) is 188 Å². The van der Waals surface area contributed by atoms with Gasteiger partial charge in [0.25, 0.3) is 0 Å². The SMILES string of the molecule is C1=C(c2ccccc2)CCC(C(Cc2ccc3c(c2)oc2cc(-c4cccc5sc6ccccc6c45)c4ccccc4c23)c2ccc(-c3ccccc3)cc2)=C1. The molecule has 10 aromatic rings. The normalized spacial score (nSPS) is 13.8. The fourth-order valence-electron chi connectivity index (χ4n) is 9.11. The van der Waals surface area contributed by atoms with Gasteiger partial charge in [0, 0.05) is 36.9 Å². The van der Waals surface area contributed by atoms with Crippen molar-refractivity contribution in [2.45, 2.75) is 25.2 Å². The van der Waals surface area contributed by atoms with Gasteiger partial charge in [0.15, 0.2) is 0 Å². The number of thiophene rings is 1. The first kappa shape index (κ1) is 32.9. The fourth-order valence-corrected chi connectivity index (χ4v) is 10.2. The van der Waals surface area contributed by atoms with E-state index in [1.54, 1.807) is 0 Å². The predicted molar refractivity (Wildman–Crippen MR) is 240 cm³/mol. The smallest absolute Gasteiger partial charge is 0.136 e. The molecule has 1 aliphatic rings. The van der Waals surface area contributed by atoms with Crippen LogP contribution in [-0.2, 0) is 6.42 Å². The number of fused-ring (bicyclic) bond motifs is 8. The molecule has 0 N–H and O–H groups in total. The molecule has 56 heavy (non-hydrogen) atoms. The molecule has 266 valence electrons. The van der Waals surface area contributed by atoms with Gasteiger partial charge in [0.2, 0.25) is 0 Å². The molecule has 2 aromatic heterocycles. The number of allylic oxidation sites excluding steroid dienone is 4. The third-order valence-corrected chi connectivity index (χ3v) is 13.0. The Morgan fingerprint density at radius 1 is 0.464 bits per heavy atom. The van der Waals surface area contributed by atoms with Crippen molar-refractivity contribution in [1.82, 2.24) is 0 Å². The molecule has 0 saturated heterocycles. The summed E-state index contributed by atoms with van der Waals surface area (Å²) >= 11 is 1.87. The maximum atomic E-state index is 6.88. The van der Waals surface area contributed by atoms with E-state index < -0.39 is 0 Å². The van der Waals surface area contributed by atoms with E-state index in [1.807, 2.05) is 11.3 Å². The van der Waals surface area contributed by atoms with Gasteiger partial charge in [-0.3, -0.25) is 0 Å². The number of furan rings is 1. The van der Waals surface area contributed by atoms with Crippen molar-refractivity contribution in [3.05, 3.63) is 210 Å². The second kappa shape index (κ2) is 13.7. The largest absolute Gasteiger partial charge is 0.456 e. The predicted octanol–water partition coefficient (Wildman–Crippen LogP) is 15.6. The van der Waals surface area contributed by atoms with Crippen molar-refractivity contribution in [1.29, 1.82) is 0 Å². The minimum absolute atomic E-state index is 0.253. The highest BCUT2D eigenvalue weighted by atomic mass is 32.1. The van der Waals surface area contributed by atoms with Crippen molar-refractivity contribution in [2.75, 3.05) is 0 Å². The van der Waals surface area contributed by atoms with Gasteiger partial charge in [0.05, 0.1) is 0 Å². The molecular formula is C54H38OS. The summed E-state index contributed by atoms with van der Waals surface area (Å²) in [6, 6.07) is 64.3. The zero-order chi connectivity index (χ0) is 37.0. The van der Waals surface area contributed by atoms with E-state index in [0.717, 1.165) is 30.4 Å². The number of hydrogen-bond acceptors (Lipinski definition) is 2. The Morgan fingerprint density at radius 3 is 1.95 bits per heavy atom. The van der Waals surface area contributed by atoms with Gasteiger partial charge in [-0.1, -0.05) is 169 Å². The monoisotopic (exact) mass is 734 g/mol. The third-order valence-electron chi connectivity index (χ3n) is 11.9. The summed E-state index contributed by atoms with van der Waals surface area (Å²) in [4.78, 5) is 0. The molecule has 0 fully saturated rings. The molecule has 0 spiro atoms. The maximum absolute atomic E-state index is 6.88. The van der Waals surface area contributed by atoms with Crippen LogP contribution in [0.4, 0.5) is 0 Å². The van der Waals surface area contributed by atoms with Gasteiger partial charge in [-0.05, 0) is 98.8 Å². The van der Waals surface area contributed by atoms with Gasteiger partial charge in [-0.15, -0.1) is 11.3 Å². The second-order valence-electron chi connectivity index (χ2n) is 15.1. The highest BCUT2D eigenvalue weighted by Crippen LogP contribution is 2.46. The standard InChI is InChI=1S/C54H38OS/c1-3-12-36(13-4-1)38-23-27-40(28-24-38)47(41-29-25-39(26-30-41)37-14-5-2-6-15-37)32-35-22-31-45-49(33-35)55-50-34-48(42-16-7-8-17-43(42)53(45)50)44-19-11-21-52-54(44)46-18-9-10-20-51(46)56-52/h1-25,27-29,31,33-34,47H,26,30,32H2. The van der Waals surface area contributed by atoms with Crippen LogP contribution in [0.2, 0.25) is 0 Å². The van der Waals surface area contributed by atoms with Crippen LogP contribution in [0.15, 0.2) is 198 Å². The lowest BCUT2D eigenvalue weighted by Crippen LogP contribution is -2.09. The Balaban J connectivity index is 1.01. The summed E-state index contributed by atoms with van der Waals surface area (Å²) in [5.74, 6) is 0.253. The Labute approximate surface area is 330 Å². The number of benzene rings is 8. The van der Waals surface area contributed by atoms with Crippen LogP contribution in [0.1, 0.15) is 35.4 Å². The van der Waals surface area contributed by atoms with Crippen molar-refractivity contribution in [3.8, 4) is 22.3 Å². The molecule has 8 aromatic carbocycles. The van der Waals surface area contributed by atoms with Gasteiger partial charge in [0.1, 0.15) is 11.2 Å². The first-order valence-electron chi connectivity index (χ1n) is 19.6. The van der Waals surface area contributed by atoms with Crippen LogP contribution in [0.5, 0.6) is 0 Å². The molecule has 2 heterocycles. The quantitative estimate of drug-likeness (QED) is 0.159. The number of rotatable bonds is 7. The lowest BCUT2D eigenvalue weighted by atomic mass is 9.80. The molecule has 1 unspecified atom stereocenters. The molecule has 0 aliphatic heterocycles. The molecule has 0 bridgehead atoms. The average molecular weight is 735 g/mol. The van der Waals surface area contributed by atoms with Crippen LogP contribution < -0.4 is 0 Å². The molecule has 2 heteroatoms. The molecule has 1 atom stereocenters. The van der Waals surface area contributed by atoms with Crippen molar-refractivity contribution in [2.24, 2.45) is 0 Å². The molecule has 1 nitrogen and oxygen atoms in total. The van der Waals surface area contributed by atoms with E-state index in [9.17, 15) is 0 Å². The van der Waals surface area contributed by atoms with Gasteiger partial charge >= 0.3 is 0 Å². The van der Waals surface area contributed by atoms with E-state index in [0.29, 0.717) is 0 Å². The summed E-state index contributed by atoms with van der Waals surface area (Å²) in [5, 5.41) is 7.47. The van der Waals surface area contributed by atoms with Gasteiger partial charge < -0.3 is 4.42 Å². The Morgan fingerprint density at radius 2 is 1.16 bits per heavy atom. The zero-order valence-corrected chi connectivity index (χ0v) is 31.7. The summed E-state index contributed by atoms with van der Waals surface area (Å²) in [7, 11) is 0. The third kappa shape index (κ3) is 5.68. The first-order chi connectivity index (χ1) is 27.7. The van der Waals surface area contributed by atoms with E-state index >= 15 is 0 Å².